The molecule has 2 heterocycles. The van der Waals surface area contributed by atoms with Crippen molar-refractivity contribution >= 4 is 28.3 Å². The van der Waals surface area contributed by atoms with Crippen LogP contribution in [0.3, 0.4) is 0 Å². The number of anilines is 2. The number of nitrogens with zero attached hydrogens (tertiary/aromatic N) is 1. The SMILES string of the molecule is Cc1ccc2c(c1)CCCN2c1ccc(C=O)s1. The molecule has 2 nitrogen and oxygen atoms in total. The minimum atomic E-state index is 0.796. The third-order valence-electron chi connectivity index (χ3n) is 3.35. The van der Waals surface area contributed by atoms with Crippen LogP contribution in [0.4, 0.5) is 10.7 Å². The molecule has 0 bridgehead atoms. The molecule has 0 N–H and O–H groups in total. The van der Waals surface area contributed by atoms with Gasteiger partial charge in [0.25, 0.3) is 0 Å². The molecule has 0 saturated heterocycles. The summed E-state index contributed by atoms with van der Waals surface area (Å²) < 4.78 is 0. The molecule has 0 fully saturated rings. The highest BCUT2D eigenvalue weighted by Crippen LogP contribution is 2.37. The number of aryl methyl sites for hydroxylation is 2. The third kappa shape index (κ3) is 1.95. The van der Waals surface area contributed by atoms with E-state index < -0.39 is 0 Å². The van der Waals surface area contributed by atoms with Gasteiger partial charge < -0.3 is 4.90 Å². The zero-order chi connectivity index (χ0) is 12.5. The maximum Gasteiger partial charge on any atom is 0.160 e. The van der Waals surface area contributed by atoms with Gasteiger partial charge in [0.2, 0.25) is 0 Å². The fourth-order valence-corrected chi connectivity index (χ4v) is 3.37. The van der Waals surface area contributed by atoms with E-state index in [-0.39, 0.29) is 0 Å². The van der Waals surface area contributed by atoms with Gasteiger partial charge in [0.1, 0.15) is 0 Å². The number of fused-ring (bicyclic) bond motifs is 1. The van der Waals surface area contributed by atoms with Crippen molar-refractivity contribution in [2.75, 3.05) is 11.4 Å². The molecule has 1 aliphatic rings. The largest absolute Gasteiger partial charge is 0.333 e. The first kappa shape index (κ1) is 11.5. The quantitative estimate of drug-likeness (QED) is 0.759. The second kappa shape index (κ2) is 4.58. The minimum Gasteiger partial charge on any atom is -0.333 e. The van der Waals surface area contributed by atoms with Crippen molar-refractivity contribution in [3.8, 4) is 0 Å². The summed E-state index contributed by atoms with van der Waals surface area (Å²) in [6.45, 7) is 3.17. The Hall–Kier alpha value is -1.61. The van der Waals surface area contributed by atoms with Gasteiger partial charge in [0.05, 0.1) is 9.88 Å². The number of benzene rings is 1. The summed E-state index contributed by atoms with van der Waals surface area (Å²) in [6, 6.07) is 10.6. The van der Waals surface area contributed by atoms with Crippen molar-refractivity contribution in [3.63, 3.8) is 0 Å². The van der Waals surface area contributed by atoms with E-state index in [1.807, 2.05) is 12.1 Å². The van der Waals surface area contributed by atoms with Gasteiger partial charge in [-0.25, -0.2) is 0 Å². The molecule has 0 atom stereocenters. The highest BCUT2D eigenvalue weighted by atomic mass is 32.1. The van der Waals surface area contributed by atoms with Gasteiger partial charge in [0.15, 0.2) is 6.29 Å². The summed E-state index contributed by atoms with van der Waals surface area (Å²) in [5, 5.41) is 1.17. The maximum atomic E-state index is 10.8. The summed E-state index contributed by atoms with van der Waals surface area (Å²) in [6.07, 6.45) is 3.25. The summed E-state index contributed by atoms with van der Waals surface area (Å²) in [7, 11) is 0. The minimum absolute atomic E-state index is 0.796. The van der Waals surface area contributed by atoms with Crippen molar-refractivity contribution < 1.29 is 4.79 Å². The van der Waals surface area contributed by atoms with Gasteiger partial charge in [-0.1, -0.05) is 17.7 Å². The monoisotopic (exact) mass is 257 g/mol. The Labute approximate surface area is 111 Å². The Morgan fingerprint density at radius 2 is 2.17 bits per heavy atom. The van der Waals surface area contributed by atoms with Crippen molar-refractivity contribution in [2.24, 2.45) is 0 Å². The molecular formula is C15H15NOS. The normalized spacial score (nSPS) is 14.4. The van der Waals surface area contributed by atoms with Gasteiger partial charge in [-0.05, 0) is 43.5 Å². The highest BCUT2D eigenvalue weighted by Gasteiger charge is 2.19. The van der Waals surface area contributed by atoms with Crippen LogP contribution in [0, 0.1) is 6.92 Å². The Morgan fingerprint density at radius 1 is 1.28 bits per heavy atom. The lowest BCUT2D eigenvalue weighted by molar-refractivity contribution is 0.112. The number of aldehydes is 1. The van der Waals surface area contributed by atoms with Crippen LogP contribution in [0.25, 0.3) is 0 Å². The molecule has 0 spiro atoms. The number of carbonyl (C=O) groups is 1. The van der Waals surface area contributed by atoms with E-state index in [4.69, 9.17) is 0 Å². The molecule has 18 heavy (non-hydrogen) atoms. The second-order valence-electron chi connectivity index (χ2n) is 4.68. The van der Waals surface area contributed by atoms with Crippen molar-refractivity contribution in [2.45, 2.75) is 19.8 Å². The Bertz CT molecular complexity index is 588. The Kier molecular flexibility index (Phi) is 2.92. The van der Waals surface area contributed by atoms with E-state index in [2.05, 4.69) is 30.0 Å². The number of hydrogen-bond donors (Lipinski definition) is 0. The number of thiophene rings is 1. The standard InChI is InChI=1S/C15H15NOS/c1-11-4-6-14-12(9-11)3-2-8-16(14)15-7-5-13(10-17)18-15/h4-7,9-10H,2-3,8H2,1H3. The van der Waals surface area contributed by atoms with Crippen LogP contribution in [0.15, 0.2) is 30.3 Å². The Balaban J connectivity index is 2.02. The predicted molar refractivity (Wildman–Crippen MR) is 76.2 cm³/mol. The predicted octanol–water partition coefficient (Wildman–Crippen LogP) is 3.95. The van der Waals surface area contributed by atoms with E-state index in [1.54, 1.807) is 11.3 Å². The van der Waals surface area contributed by atoms with E-state index in [9.17, 15) is 4.79 Å². The summed E-state index contributed by atoms with van der Waals surface area (Å²) in [4.78, 5) is 13.9. The third-order valence-corrected chi connectivity index (χ3v) is 4.38. The zero-order valence-corrected chi connectivity index (χ0v) is 11.2. The van der Waals surface area contributed by atoms with Crippen LogP contribution < -0.4 is 4.90 Å². The van der Waals surface area contributed by atoms with Gasteiger partial charge >= 0.3 is 0 Å². The van der Waals surface area contributed by atoms with Gasteiger partial charge in [-0.3, -0.25) is 4.79 Å². The van der Waals surface area contributed by atoms with Gasteiger partial charge in [-0.15, -0.1) is 11.3 Å². The van der Waals surface area contributed by atoms with Crippen molar-refractivity contribution in [3.05, 3.63) is 46.3 Å². The fourth-order valence-electron chi connectivity index (χ4n) is 2.51. The topological polar surface area (TPSA) is 20.3 Å². The lowest BCUT2D eigenvalue weighted by atomic mass is 10.00. The van der Waals surface area contributed by atoms with Crippen LogP contribution in [0.1, 0.15) is 27.2 Å². The smallest absolute Gasteiger partial charge is 0.160 e. The van der Waals surface area contributed by atoms with Crippen molar-refractivity contribution in [1.29, 1.82) is 0 Å². The lowest BCUT2D eigenvalue weighted by Gasteiger charge is -2.30. The second-order valence-corrected chi connectivity index (χ2v) is 5.78. The molecule has 3 heteroatoms. The van der Waals surface area contributed by atoms with Crippen LogP contribution >= 0.6 is 11.3 Å². The molecule has 92 valence electrons. The van der Waals surface area contributed by atoms with E-state index in [1.165, 1.54) is 28.2 Å². The molecule has 2 aromatic rings. The van der Waals surface area contributed by atoms with Crippen LogP contribution in [0.5, 0.6) is 0 Å². The number of rotatable bonds is 2. The summed E-state index contributed by atoms with van der Waals surface area (Å²) >= 11 is 1.57. The first-order chi connectivity index (χ1) is 8.78. The van der Waals surface area contributed by atoms with Crippen LogP contribution in [-0.4, -0.2) is 12.8 Å². The number of carbonyl (C=O) groups excluding carboxylic acids is 1. The van der Waals surface area contributed by atoms with Gasteiger partial charge in [-0.2, -0.15) is 0 Å². The first-order valence-corrected chi connectivity index (χ1v) is 7.01. The first-order valence-electron chi connectivity index (χ1n) is 6.20. The number of hydrogen-bond acceptors (Lipinski definition) is 3. The zero-order valence-electron chi connectivity index (χ0n) is 10.3. The van der Waals surface area contributed by atoms with E-state index in [0.717, 1.165) is 24.1 Å². The molecule has 1 aromatic carbocycles. The van der Waals surface area contributed by atoms with Gasteiger partial charge in [0, 0.05) is 12.2 Å². The molecule has 3 rings (SSSR count). The molecule has 0 aliphatic carbocycles. The molecule has 0 saturated carbocycles. The van der Waals surface area contributed by atoms with Crippen LogP contribution in [-0.2, 0) is 6.42 Å². The highest BCUT2D eigenvalue weighted by molar-refractivity contribution is 7.17. The molecule has 1 aliphatic heterocycles. The molecule has 1 aromatic heterocycles. The molecular weight excluding hydrogens is 242 g/mol. The molecule has 0 amide bonds. The Morgan fingerprint density at radius 3 is 2.94 bits per heavy atom. The molecule has 0 unspecified atom stereocenters. The lowest BCUT2D eigenvalue weighted by Crippen LogP contribution is -2.23. The summed E-state index contributed by atoms with van der Waals surface area (Å²) in [5.74, 6) is 0. The van der Waals surface area contributed by atoms with E-state index >= 15 is 0 Å². The average molecular weight is 257 g/mol. The van der Waals surface area contributed by atoms with Crippen LogP contribution in [0.2, 0.25) is 0 Å². The fraction of sp³-hybridized carbons (Fsp3) is 0.267. The maximum absolute atomic E-state index is 10.8. The van der Waals surface area contributed by atoms with Crippen molar-refractivity contribution in [1.82, 2.24) is 0 Å². The summed E-state index contributed by atoms with van der Waals surface area (Å²) in [5.41, 5.74) is 4.03. The molecule has 0 radical (unpaired) electrons. The average Bonchev–Trinajstić information content (AvgIpc) is 2.86. The van der Waals surface area contributed by atoms with E-state index in [0.29, 0.717) is 0 Å².